The molecule has 2 N–H and O–H groups in total. The molecule has 1 aliphatic heterocycles. The number of hydrogen-bond acceptors (Lipinski definition) is 4. The van der Waals surface area contributed by atoms with Gasteiger partial charge in [0.15, 0.2) is 0 Å². The van der Waals surface area contributed by atoms with Gasteiger partial charge < -0.3 is 10.6 Å². The van der Waals surface area contributed by atoms with Gasteiger partial charge in [-0.2, -0.15) is 0 Å². The monoisotopic (exact) mass is 225 g/mol. The first-order chi connectivity index (χ1) is 7.10. The van der Waals surface area contributed by atoms with Gasteiger partial charge in [0.05, 0.1) is 0 Å². The second-order valence-electron chi connectivity index (χ2n) is 4.42. The molecule has 2 rings (SSSR count). The predicted molar refractivity (Wildman–Crippen MR) is 64.9 cm³/mol. The Bertz CT molecular complexity index is 300. The number of piperazine rings is 1. The Morgan fingerprint density at radius 2 is 2.00 bits per heavy atom. The number of rotatable bonds is 2. The zero-order valence-electron chi connectivity index (χ0n) is 9.44. The normalized spacial score (nSPS) is 23.9. The highest BCUT2D eigenvalue weighted by Crippen LogP contribution is 2.27. The summed E-state index contributed by atoms with van der Waals surface area (Å²) in [5.74, 6) is 0. The van der Waals surface area contributed by atoms with Gasteiger partial charge in [0.1, 0.15) is 5.66 Å². The smallest absolute Gasteiger partial charge is 0.102 e. The lowest BCUT2D eigenvalue weighted by Crippen LogP contribution is -2.57. The summed E-state index contributed by atoms with van der Waals surface area (Å²) in [6.45, 7) is 6.45. The molecular formula is C11H19N3S. The summed E-state index contributed by atoms with van der Waals surface area (Å²) in [6, 6.07) is 4.20. The van der Waals surface area contributed by atoms with Crippen LogP contribution in [0, 0.1) is 0 Å². The molecule has 0 bridgehead atoms. The average Bonchev–Trinajstić information content (AvgIpc) is 2.71. The molecule has 84 valence electrons. The first-order valence-corrected chi connectivity index (χ1v) is 6.25. The van der Waals surface area contributed by atoms with Crippen LogP contribution in [0.15, 0.2) is 17.5 Å². The fourth-order valence-corrected chi connectivity index (χ4v) is 2.82. The molecule has 0 aromatic carbocycles. The number of hydrogen-bond donors (Lipinski definition) is 1. The lowest BCUT2D eigenvalue weighted by molar-refractivity contribution is 0.0549. The lowest BCUT2D eigenvalue weighted by atomic mass is 10.1. The van der Waals surface area contributed by atoms with Crippen molar-refractivity contribution in [1.29, 1.82) is 0 Å². The van der Waals surface area contributed by atoms with Crippen molar-refractivity contribution in [3.8, 4) is 0 Å². The molecule has 4 heteroatoms. The third-order valence-corrected chi connectivity index (χ3v) is 4.28. The molecule has 1 fully saturated rings. The molecule has 0 spiro atoms. The largest absolute Gasteiger partial charge is 0.309 e. The van der Waals surface area contributed by atoms with Gasteiger partial charge in [0, 0.05) is 31.1 Å². The van der Waals surface area contributed by atoms with Crippen LogP contribution in [-0.2, 0) is 5.66 Å². The third-order valence-electron chi connectivity index (χ3n) is 3.18. The standard InChI is InChI=1S/C11H19N3S/c1-11(12,10-4-3-9-15-10)14-7-5-13(2)6-8-14/h3-4,9H,5-8,12H2,1-2H3. The molecule has 1 saturated heterocycles. The van der Waals surface area contributed by atoms with E-state index in [0.29, 0.717) is 0 Å². The second kappa shape index (κ2) is 4.22. The highest BCUT2D eigenvalue weighted by molar-refractivity contribution is 7.10. The lowest BCUT2D eigenvalue weighted by Gasteiger charge is -2.42. The van der Waals surface area contributed by atoms with Gasteiger partial charge in [0.2, 0.25) is 0 Å². The van der Waals surface area contributed by atoms with Gasteiger partial charge in [-0.25, -0.2) is 0 Å². The molecule has 1 aromatic rings. The quantitative estimate of drug-likeness (QED) is 0.819. The summed E-state index contributed by atoms with van der Waals surface area (Å²) < 4.78 is 0. The average molecular weight is 225 g/mol. The van der Waals surface area contributed by atoms with Crippen molar-refractivity contribution in [1.82, 2.24) is 9.80 Å². The molecule has 0 saturated carbocycles. The molecule has 15 heavy (non-hydrogen) atoms. The van der Waals surface area contributed by atoms with Crippen molar-refractivity contribution in [2.24, 2.45) is 5.73 Å². The summed E-state index contributed by atoms with van der Waals surface area (Å²) in [4.78, 5) is 5.98. The van der Waals surface area contributed by atoms with Crippen molar-refractivity contribution >= 4 is 11.3 Å². The first-order valence-electron chi connectivity index (χ1n) is 5.37. The summed E-state index contributed by atoms with van der Waals surface area (Å²) in [6.07, 6.45) is 0. The van der Waals surface area contributed by atoms with E-state index in [1.807, 2.05) is 0 Å². The van der Waals surface area contributed by atoms with E-state index in [1.54, 1.807) is 11.3 Å². The summed E-state index contributed by atoms with van der Waals surface area (Å²) in [5, 5.41) is 2.09. The summed E-state index contributed by atoms with van der Waals surface area (Å²) >= 11 is 1.74. The second-order valence-corrected chi connectivity index (χ2v) is 5.36. The number of nitrogens with two attached hydrogens (primary N) is 1. The Hall–Kier alpha value is -0.420. The van der Waals surface area contributed by atoms with Crippen LogP contribution in [0.3, 0.4) is 0 Å². The third kappa shape index (κ3) is 2.23. The SMILES string of the molecule is CN1CCN(C(C)(N)c2cccs2)CC1. The van der Waals surface area contributed by atoms with Crippen molar-refractivity contribution in [2.45, 2.75) is 12.6 Å². The Morgan fingerprint density at radius 1 is 1.33 bits per heavy atom. The molecule has 1 aromatic heterocycles. The molecule has 0 amide bonds. The molecule has 0 radical (unpaired) electrons. The van der Waals surface area contributed by atoms with Crippen LogP contribution < -0.4 is 5.73 Å². The molecule has 2 heterocycles. The van der Waals surface area contributed by atoms with Gasteiger partial charge >= 0.3 is 0 Å². The summed E-state index contributed by atoms with van der Waals surface area (Å²) in [5.41, 5.74) is 6.12. The van der Waals surface area contributed by atoms with Gasteiger partial charge in [-0.05, 0) is 25.4 Å². The van der Waals surface area contributed by atoms with Crippen LogP contribution in [0.5, 0.6) is 0 Å². The number of likely N-dealkylation sites (N-methyl/N-ethyl adjacent to an activating group) is 1. The molecule has 1 unspecified atom stereocenters. The maximum absolute atomic E-state index is 6.42. The minimum absolute atomic E-state index is 0.296. The summed E-state index contributed by atoms with van der Waals surface area (Å²) in [7, 11) is 2.16. The van der Waals surface area contributed by atoms with Crippen LogP contribution in [-0.4, -0.2) is 43.0 Å². The van der Waals surface area contributed by atoms with E-state index in [-0.39, 0.29) is 5.66 Å². The highest BCUT2D eigenvalue weighted by Gasteiger charge is 2.31. The predicted octanol–water partition coefficient (Wildman–Crippen LogP) is 1.13. The van der Waals surface area contributed by atoms with Crippen LogP contribution in [0.1, 0.15) is 11.8 Å². The topological polar surface area (TPSA) is 32.5 Å². The van der Waals surface area contributed by atoms with Crippen molar-refractivity contribution in [2.75, 3.05) is 33.2 Å². The molecule has 3 nitrogen and oxygen atoms in total. The van der Waals surface area contributed by atoms with Gasteiger partial charge in [-0.15, -0.1) is 11.3 Å². The molecule has 1 atom stereocenters. The van der Waals surface area contributed by atoms with Crippen molar-refractivity contribution < 1.29 is 0 Å². The first kappa shape index (κ1) is 11.1. The van der Waals surface area contributed by atoms with E-state index in [1.165, 1.54) is 4.88 Å². The van der Waals surface area contributed by atoms with Crippen LogP contribution >= 0.6 is 11.3 Å². The van der Waals surface area contributed by atoms with E-state index >= 15 is 0 Å². The van der Waals surface area contributed by atoms with E-state index < -0.39 is 0 Å². The Morgan fingerprint density at radius 3 is 2.53 bits per heavy atom. The number of thiophene rings is 1. The number of nitrogens with zero attached hydrogens (tertiary/aromatic N) is 2. The van der Waals surface area contributed by atoms with E-state index in [0.717, 1.165) is 26.2 Å². The molecular weight excluding hydrogens is 206 g/mol. The van der Waals surface area contributed by atoms with Crippen LogP contribution in [0.2, 0.25) is 0 Å². The Labute approximate surface area is 95.5 Å². The molecule has 0 aliphatic carbocycles. The fraction of sp³-hybridized carbons (Fsp3) is 0.636. The fourth-order valence-electron chi connectivity index (χ4n) is 1.99. The maximum atomic E-state index is 6.42. The van der Waals surface area contributed by atoms with E-state index in [2.05, 4.69) is 41.3 Å². The zero-order chi connectivity index (χ0) is 10.9. The van der Waals surface area contributed by atoms with Crippen molar-refractivity contribution in [3.05, 3.63) is 22.4 Å². The van der Waals surface area contributed by atoms with Gasteiger partial charge in [0.25, 0.3) is 0 Å². The minimum Gasteiger partial charge on any atom is -0.309 e. The molecule has 1 aliphatic rings. The van der Waals surface area contributed by atoms with Gasteiger partial charge in [-0.1, -0.05) is 6.07 Å². The van der Waals surface area contributed by atoms with Gasteiger partial charge in [-0.3, -0.25) is 4.90 Å². The van der Waals surface area contributed by atoms with Crippen LogP contribution in [0.25, 0.3) is 0 Å². The van der Waals surface area contributed by atoms with E-state index in [9.17, 15) is 0 Å². The Balaban J connectivity index is 2.09. The Kier molecular flexibility index (Phi) is 3.11. The minimum atomic E-state index is -0.296. The maximum Gasteiger partial charge on any atom is 0.102 e. The van der Waals surface area contributed by atoms with E-state index in [4.69, 9.17) is 5.73 Å². The van der Waals surface area contributed by atoms with Crippen LogP contribution in [0.4, 0.5) is 0 Å². The van der Waals surface area contributed by atoms with Crippen molar-refractivity contribution in [3.63, 3.8) is 0 Å². The zero-order valence-corrected chi connectivity index (χ0v) is 10.3. The highest BCUT2D eigenvalue weighted by atomic mass is 32.1.